The maximum absolute atomic E-state index is 14.8. The van der Waals surface area contributed by atoms with Crippen molar-refractivity contribution >= 4 is 27.7 Å². The van der Waals surface area contributed by atoms with Crippen molar-refractivity contribution in [2.45, 2.75) is 101 Å². The molecule has 5 aliphatic rings. The molecule has 1 amide bonds. The summed E-state index contributed by atoms with van der Waals surface area (Å²) in [4.78, 5) is 40.2. The lowest BCUT2D eigenvalue weighted by Gasteiger charge is -2.50. The van der Waals surface area contributed by atoms with E-state index in [1.54, 1.807) is 30.6 Å². The number of ether oxygens (including phenoxy) is 1. The third-order valence-corrected chi connectivity index (χ3v) is 13.7. The number of nitrogens with one attached hydrogen (secondary N) is 1. The zero-order chi connectivity index (χ0) is 36.5. The van der Waals surface area contributed by atoms with E-state index in [1.807, 2.05) is 36.9 Å². The number of amides is 1. The van der Waals surface area contributed by atoms with Gasteiger partial charge in [0.05, 0.1) is 41.3 Å². The molecule has 13 heteroatoms. The third kappa shape index (κ3) is 6.51. The Balaban J connectivity index is 1.15. The molecule has 1 saturated heterocycles. The molecule has 2 aliphatic heterocycles. The number of carbonyl (C=O) groups excluding carboxylic acids is 1. The van der Waals surface area contributed by atoms with E-state index < -0.39 is 16.1 Å². The highest BCUT2D eigenvalue weighted by atomic mass is 32.2. The van der Waals surface area contributed by atoms with E-state index in [0.29, 0.717) is 41.9 Å². The highest BCUT2D eigenvalue weighted by Gasteiger charge is 2.55. The van der Waals surface area contributed by atoms with Gasteiger partial charge in [-0.1, -0.05) is 24.3 Å². The number of benzene rings is 2. The molecule has 2 aromatic heterocycles. The van der Waals surface area contributed by atoms with Gasteiger partial charge < -0.3 is 14.5 Å². The first-order valence-corrected chi connectivity index (χ1v) is 20.4. The number of aryl methyl sites for hydroxylation is 2. The van der Waals surface area contributed by atoms with Crippen LogP contribution in [0.15, 0.2) is 65.8 Å². The Bertz CT molecular complexity index is 2160. The number of aromatic nitrogens is 4. The van der Waals surface area contributed by atoms with Crippen LogP contribution in [0.5, 0.6) is 5.88 Å². The second-order valence-electron chi connectivity index (χ2n) is 15.9. The number of sulfonamides is 1. The first-order valence-electron chi connectivity index (χ1n) is 18.9. The summed E-state index contributed by atoms with van der Waals surface area (Å²) in [6.45, 7) is 5.63. The molecule has 4 fully saturated rings. The number of nitrogens with zero attached hydrogens (tertiary/aromatic N) is 7. The zero-order valence-corrected chi connectivity index (χ0v) is 31.3. The van der Waals surface area contributed by atoms with Gasteiger partial charge in [0, 0.05) is 49.4 Å². The van der Waals surface area contributed by atoms with Crippen LogP contribution in [0.4, 0.5) is 11.8 Å². The Morgan fingerprint density at radius 3 is 2.49 bits per heavy atom. The average molecular weight is 735 g/mol. The highest BCUT2D eigenvalue weighted by molar-refractivity contribution is 7.92. The van der Waals surface area contributed by atoms with Gasteiger partial charge in [-0.2, -0.15) is 4.98 Å². The maximum Gasteiger partial charge on any atom is 0.264 e. The van der Waals surface area contributed by atoms with Crippen LogP contribution in [0, 0.1) is 19.3 Å². The Kier molecular flexibility index (Phi) is 8.41. The van der Waals surface area contributed by atoms with Crippen molar-refractivity contribution in [3.63, 3.8) is 0 Å². The van der Waals surface area contributed by atoms with E-state index in [0.717, 1.165) is 41.9 Å². The zero-order valence-electron chi connectivity index (χ0n) is 30.5. The topological polar surface area (TPSA) is 134 Å². The Labute approximate surface area is 311 Å². The van der Waals surface area contributed by atoms with E-state index in [4.69, 9.17) is 14.7 Å². The van der Waals surface area contributed by atoms with Crippen molar-refractivity contribution in [1.29, 1.82) is 0 Å². The SMILES string of the molecule is Cc1cccc(C)c1-c1cc2nc(n1)NS(=O)(=O)c1cccc(c1)C(=O)N(Cc1cncc(N(C)C3CCC3)n1)[C@@H]1CCN(C3CC4(CC4)C3)C[C@H]1O2. The number of hydrogen-bond donors (Lipinski definition) is 1. The smallest absolute Gasteiger partial charge is 0.264 e. The summed E-state index contributed by atoms with van der Waals surface area (Å²) in [5.74, 6) is 0.651. The molecular formula is C40H46N8O4S. The van der Waals surface area contributed by atoms with Gasteiger partial charge in [-0.3, -0.25) is 14.7 Å². The average Bonchev–Trinajstić information content (AvgIpc) is 3.91. The van der Waals surface area contributed by atoms with Crippen LogP contribution < -0.4 is 14.4 Å². The van der Waals surface area contributed by atoms with E-state index in [1.165, 1.54) is 44.2 Å². The van der Waals surface area contributed by atoms with Gasteiger partial charge in [0.15, 0.2) is 0 Å². The predicted octanol–water partition coefficient (Wildman–Crippen LogP) is 5.76. The fourth-order valence-electron chi connectivity index (χ4n) is 8.81. The second kappa shape index (κ2) is 13.0. The maximum atomic E-state index is 14.8. The van der Waals surface area contributed by atoms with Crippen molar-refractivity contribution in [2.75, 3.05) is 29.8 Å². The third-order valence-electron chi connectivity index (χ3n) is 12.3. The van der Waals surface area contributed by atoms with Gasteiger partial charge in [0.25, 0.3) is 15.9 Å². The number of fused-ring (bicyclic) bond motifs is 5. The molecule has 2 aromatic carbocycles. The number of hydrogen-bond acceptors (Lipinski definition) is 10. The van der Waals surface area contributed by atoms with Crippen LogP contribution >= 0.6 is 0 Å². The van der Waals surface area contributed by atoms with Crippen LogP contribution in [0.25, 0.3) is 11.3 Å². The Morgan fingerprint density at radius 2 is 1.75 bits per heavy atom. The van der Waals surface area contributed by atoms with E-state index in [-0.39, 0.29) is 40.8 Å². The Morgan fingerprint density at radius 1 is 0.981 bits per heavy atom. The van der Waals surface area contributed by atoms with E-state index in [9.17, 15) is 13.2 Å². The summed E-state index contributed by atoms with van der Waals surface area (Å²) in [6, 6.07) is 14.5. The first-order chi connectivity index (χ1) is 25.5. The lowest BCUT2D eigenvalue weighted by molar-refractivity contribution is -0.0370. The molecular weight excluding hydrogens is 689 g/mol. The van der Waals surface area contributed by atoms with Crippen molar-refractivity contribution in [1.82, 2.24) is 29.7 Å². The first kappa shape index (κ1) is 34.2. The molecule has 4 aromatic rings. The Hall–Kier alpha value is -4.62. The van der Waals surface area contributed by atoms with Crippen LogP contribution in [0.3, 0.4) is 0 Å². The lowest BCUT2D eigenvalue weighted by Crippen LogP contribution is -2.61. The summed E-state index contributed by atoms with van der Waals surface area (Å²) < 4.78 is 37.3. The molecule has 4 heterocycles. The summed E-state index contributed by atoms with van der Waals surface area (Å²) in [5.41, 5.74) is 4.91. The van der Waals surface area contributed by atoms with Gasteiger partial charge in [-0.25, -0.2) is 23.1 Å². The molecule has 276 valence electrons. The normalized spacial score (nSPS) is 23.6. The molecule has 12 nitrogen and oxygen atoms in total. The lowest BCUT2D eigenvalue weighted by atomic mass is 9.75. The second-order valence-corrected chi connectivity index (χ2v) is 17.6. The molecule has 4 bridgehead atoms. The van der Waals surface area contributed by atoms with Crippen LogP contribution in [-0.2, 0) is 16.6 Å². The molecule has 9 rings (SSSR count). The van der Waals surface area contributed by atoms with Crippen molar-refractivity contribution in [3.05, 3.63) is 83.3 Å². The van der Waals surface area contributed by atoms with Crippen LogP contribution in [-0.4, -0.2) is 88.4 Å². The summed E-state index contributed by atoms with van der Waals surface area (Å²) in [5, 5.41) is 0. The minimum absolute atomic E-state index is 0.0552. The minimum Gasteiger partial charge on any atom is -0.471 e. The van der Waals surface area contributed by atoms with Gasteiger partial charge >= 0.3 is 0 Å². The minimum atomic E-state index is -4.18. The molecule has 53 heavy (non-hydrogen) atoms. The number of piperidine rings is 1. The fraction of sp³-hybridized carbons (Fsp3) is 0.475. The molecule has 0 unspecified atom stereocenters. The quantitative estimate of drug-likeness (QED) is 0.261. The van der Waals surface area contributed by atoms with E-state index >= 15 is 0 Å². The molecule has 3 aliphatic carbocycles. The number of likely N-dealkylation sites (tertiary alicyclic amines) is 1. The van der Waals surface area contributed by atoms with E-state index in [2.05, 4.69) is 31.5 Å². The molecule has 3 saturated carbocycles. The largest absolute Gasteiger partial charge is 0.471 e. The monoisotopic (exact) mass is 734 g/mol. The molecule has 1 spiro atoms. The van der Waals surface area contributed by atoms with Gasteiger partial charge in [-0.05, 0) is 100.0 Å². The van der Waals surface area contributed by atoms with Gasteiger partial charge in [-0.15, -0.1) is 0 Å². The summed E-state index contributed by atoms with van der Waals surface area (Å²) in [7, 11) is -2.13. The predicted molar refractivity (Wildman–Crippen MR) is 201 cm³/mol. The standard InChI is InChI=1S/C40H46N8O4S/c1-25-7-4-8-26(2)37(25)32-18-36-44-39(43-32)45-53(50,51)31-12-5-9-27(17-31)38(49)48(23-28-21-41-22-35(42-28)46(3)29-10-6-11-29)33-13-16-47(24-34(33)52-36)30-19-40(20-30)14-15-40/h4-5,7-9,12,17-18,21-22,29-30,33-34H,6,10-11,13-16,19-20,23-24H2,1-3H3,(H,43,44,45)/t33-,34-/m1/s1. The van der Waals surface area contributed by atoms with Crippen molar-refractivity contribution in [2.24, 2.45) is 5.41 Å². The number of anilines is 2. The molecule has 0 radical (unpaired) electrons. The van der Waals surface area contributed by atoms with Crippen molar-refractivity contribution < 1.29 is 17.9 Å². The van der Waals surface area contributed by atoms with Gasteiger partial charge in [0.1, 0.15) is 11.9 Å². The summed E-state index contributed by atoms with van der Waals surface area (Å²) in [6.07, 6.45) is 12.2. The fourth-order valence-corrected chi connectivity index (χ4v) is 9.79. The van der Waals surface area contributed by atoms with Crippen molar-refractivity contribution in [3.8, 4) is 17.1 Å². The van der Waals surface area contributed by atoms with Crippen LogP contribution in [0.1, 0.15) is 78.5 Å². The van der Waals surface area contributed by atoms with Gasteiger partial charge in [0.2, 0.25) is 11.8 Å². The number of rotatable bonds is 6. The highest BCUT2D eigenvalue weighted by Crippen LogP contribution is 2.62. The molecule has 2 atom stereocenters. The van der Waals surface area contributed by atoms with Crippen LogP contribution in [0.2, 0.25) is 0 Å². The summed E-state index contributed by atoms with van der Waals surface area (Å²) >= 11 is 0. The molecule has 1 N–H and O–H groups in total. The number of carbonyl (C=O) groups is 1.